The number of hydrogen-bond donors (Lipinski definition) is 1. The van der Waals surface area contributed by atoms with Crippen LogP contribution in [0.4, 0.5) is 0 Å². The summed E-state index contributed by atoms with van der Waals surface area (Å²) in [6.07, 6.45) is 1.35. The van der Waals surface area contributed by atoms with Crippen molar-refractivity contribution in [3.05, 3.63) is 62.7 Å². The second kappa shape index (κ2) is 5.92. The summed E-state index contributed by atoms with van der Waals surface area (Å²) in [4.78, 5) is 18.1. The molecule has 0 spiro atoms. The average molecular weight is 296 g/mol. The van der Waals surface area contributed by atoms with Crippen LogP contribution in [0.5, 0.6) is 0 Å². The average Bonchev–Trinajstić information content (AvgIpc) is 2.96. The zero-order valence-electron chi connectivity index (χ0n) is 11.1. The van der Waals surface area contributed by atoms with Gasteiger partial charge in [0.15, 0.2) is 0 Å². The van der Waals surface area contributed by atoms with E-state index in [1.807, 2.05) is 36.4 Å². The number of aromatic nitrogens is 2. The lowest BCUT2D eigenvalue weighted by molar-refractivity contribution is 0.350. The minimum absolute atomic E-state index is 0.120. The van der Waals surface area contributed by atoms with Crippen LogP contribution in [0.2, 0.25) is 0 Å². The van der Waals surface area contributed by atoms with Crippen LogP contribution in [0.15, 0.2) is 47.4 Å². The van der Waals surface area contributed by atoms with E-state index in [0.717, 1.165) is 20.8 Å². The van der Waals surface area contributed by atoms with Crippen molar-refractivity contribution in [2.45, 2.75) is 6.54 Å². The monoisotopic (exact) mass is 296 g/mol. The number of aliphatic hydroxyl groups excluding tert-OH is 1. The third-order valence-corrected chi connectivity index (χ3v) is 4.00. The Morgan fingerprint density at radius 1 is 1.24 bits per heavy atom. The van der Waals surface area contributed by atoms with Crippen molar-refractivity contribution in [3.63, 3.8) is 0 Å². The highest BCUT2D eigenvalue weighted by molar-refractivity contribution is 7.12. The number of rotatable bonds is 2. The van der Waals surface area contributed by atoms with Crippen LogP contribution in [0.25, 0.3) is 11.0 Å². The number of thiophene rings is 1. The Morgan fingerprint density at radius 2 is 2.10 bits per heavy atom. The lowest BCUT2D eigenvalue weighted by Gasteiger charge is -2.07. The smallest absolute Gasteiger partial charge is 0.269 e. The predicted octanol–water partition coefficient (Wildman–Crippen LogP) is 1.85. The van der Waals surface area contributed by atoms with Gasteiger partial charge in [-0.2, -0.15) is 0 Å². The zero-order valence-corrected chi connectivity index (χ0v) is 11.9. The van der Waals surface area contributed by atoms with Crippen molar-refractivity contribution >= 4 is 22.4 Å². The van der Waals surface area contributed by atoms with Crippen molar-refractivity contribution in [1.29, 1.82) is 0 Å². The highest BCUT2D eigenvalue weighted by Crippen LogP contribution is 2.18. The maximum atomic E-state index is 12.1. The lowest BCUT2D eigenvalue weighted by atomic mass is 10.3. The van der Waals surface area contributed by atoms with Gasteiger partial charge in [-0.1, -0.05) is 24.0 Å². The lowest BCUT2D eigenvalue weighted by Crippen LogP contribution is -2.20. The molecule has 0 fully saturated rings. The first-order chi connectivity index (χ1) is 10.3. The summed E-state index contributed by atoms with van der Waals surface area (Å²) >= 11 is 1.52. The van der Waals surface area contributed by atoms with Gasteiger partial charge in [-0.25, -0.2) is 4.98 Å². The van der Waals surface area contributed by atoms with Gasteiger partial charge in [0.2, 0.25) is 0 Å². The highest BCUT2D eigenvalue weighted by atomic mass is 32.1. The van der Waals surface area contributed by atoms with Crippen molar-refractivity contribution in [1.82, 2.24) is 9.55 Å². The van der Waals surface area contributed by atoms with Crippen LogP contribution in [0.3, 0.4) is 0 Å². The third kappa shape index (κ3) is 2.87. The normalized spacial score (nSPS) is 10.3. The van der Waals surface area contributed by atoms with Gasteiger partial charge in [-0.05, 0) is 24.3 Å². The Morgan fingerprint density at radius 3 is 2.95 bits per heavy atom. The molecule has 0 bridgehead atoms. The van der Waals surface area contributed by atoms with E-state index >= 15 is 0 Å². The maximum absolute atomic E-state index is 12.1. The van der Waals surface area contributed by atoms with Crippen LogP contribution in [0.1, 0.15) is 9.75 Å². The van der Waals surface area contributed by atoms with E-state index in [9.17, 15) is 4.79 Å². The first-order valence-corrected chi connectivity index (χ1v) is 7.22. The van der Waals surface area contributed by atoms with Gasteiger partial charge in [0.25, 0.3) is 5.56 Å². The van der Waals surface area contributed by atoms with E-state index in [1.54, 1.807) is 4.57 Å². The zero-order chi connectivity index (χ0) is 14.7. The molecule has 0 saturated carbocycles. The molecular formula is C16H12N2O2S. The van der Waals surface area contributed by atoms with Gasteiger partial charge < -0.3 is 9.67 Å². The van der Waals surface area contributed by atoms with Crippen molar-refractivity contribution < 1.29 is 5.11 Å². The molecule has 1 aromatic carbocycles. The van der Waals surface area contributed by atoms with E-state index in [0.29, 0.717) is 6.54 Å². The van der Waals surface area contributed by atoms with Crippen LogP contribution in [-0.2, 0) is 6.54 Å². The molecule has 4 nitrogen and oxygen atoms in total. The molecule has 0 amide bonds. The summed E-state index contributed by atoms with van der Waals surface area (Å²) in [5, 5.41) is 8.70. The van der Waals surface area contributed by atoms with Gasteiger partial charge in [-0.3, -0.25) is 4.79 Å². The van der Waals surface area contributed by atoms with Gasteiger partial charge in [0, 0.05) is 4.88 Å². The van der Waals surface area contributed by atoms with E-state index in [1.165, 1.54) is 17.5 Å². The van der Waals surface area contributed by atoms with E-state index < -0.39 is 0 Å². The molecule has 0 aliphatic rings. The number of para-hydroxylation sites is 2. The van der Waals surface area contributed by atoms with Crippen molar-refractivity contribution in [2.24, 2.45) is 0 Å². The molecule has 2 aromatic heterocycles. The second-order valence-electron chi connectivity index (χ2n) is 4.40. The number of hydrogen-bond acceptors (Lipinski definition) is 4. The second-order valence-corrected chi connectivity index (χ2v) is 5.57. The van der Waals surface area contributed by atoms with Crippen molar-refractivity contribution in [2.75, 3.05) is 6.61 Å². The summed E-state index contributed by atoms with van der Waals surface area (Å²) in [5.41, 5.74) is 1.50. The number of aliphatic hydroxyl groups is 1. The molecule has 3 rings (SSSR count). The SMILES string of the molecule is O=c1cnc2ccccc2n1Cc1ccc(C#CCO)s1. The van der Waals surface area contributed by atoms with Gasteiger partial charge in [0.1, 0.15) is 6.61 Å². The summed E-state index contributed by atoms with van der Waals surface area (Å²) < 4.78 is 1.71. The summed E-state index contributed by atoms with van der Waals surface area (Å²) in [7, 11) is 0. The van der Waals surface area contributed by atoms with E-state index in [2.05, 4.69) is 16.8 Å². The largest absolute Gasteiger partial charge is 0.384 e. The Kier molecular flexibility index (Phi) is 3.82. The molecule has 0 saturated heterocycles. The van der Waals surface area contributed by atoms with Gasteiger partial charge in [0.05, 0.1) is 28.7 Å². The number of benzene rings is 1. The molecular weight excluding hydrogens is 284 g/mol. The molecule has 0 unspecified atom stereocenters. The molecule has 0 aliphatic heterocycles. The summed E-state index contributed by atoms with van der Waals surface area (Å²) in [6.45, 7) is 0.342. The van der Waals surface area contributed by atoms with E-state index in [4.69, 9.17) is 5.11 Å². The maximum Gasteiger partial charge on any atom is 0.269 e. The minimum atomic E-state index is -0.151. The molecule has 0 radical (unpaired) electrons. The Balaban J connectivity index is 2.00. The Hall–Kier alpha value is -2.42. The Bertz CT molecular complexity index is 900. The molecule has 0 aliphatic carbocycles. The molecule has 2 heterocycles. The predicted molar refractivity (Wildman–Crippen MR) is 83.4 cm³/mol. The first kappa shape index (κ1) is 13.6. The standard InChI is InChI=1S/C16H12N2O2S/c19-9-3-4-12-7-8-13(21-12)11-18-15-6-2-1-5-14(15)17-10-16(18)20/h1-2,5-8,10,19H,9,11H2. The molecule has 0 atom stereocenters. The summed E-state index contributed by atoms with van der Waals surface area (Å²) in [6, 6.07) is 11.4. The highest BCUT2D eigenvalue weighted by Gasteiger charge is 2.06. The quantitative estimate of drug-likeness (QED) is 0.734. The fourth-order valence-electron chi connectivity index (χ4n) is 2.09. The first-order valence-electron chi connectivity index (χ1n) is 6.41. The fraction of sp³-hybridized carbons (Fsp3) is 0.125. The van der Waals surface area contributed by atoms with Gasteiger partial charge in [-0.15, -0.1) is 11.3 Å². The molecule has 5 heteroatoms. The topological polar surface area (TPSA) is 55.1 Å². The summed E-state index contributed by atoms with van der Waals surface area (Å²) in [5.74, 6) is 5.49. The van der Waals surface area contributed by atoms with Crippen LogP contribution >= 0.6 is 11.3 Å². The van der Waals surface area contributed by atoms with Gasteiger partial charge >= 0.3 is 0 Å². The van der Waals surface area contributed by atoms with Crippen LogP contribution in [-0.4, -0.2) is 21.3 Å². The van der Waals surface area contributed by atoms with Crippen LogP contribution < -0.4 is 5.56 Å². The molecule has 1 N–H and O–H groups in total. The van der Waals surface area contributed by atoms with Crippen LogP contribution in [0, 0.1) is 11.8 Å². The fourth-order valence-corrected chi connectivity index (χ4v) is 2.96. The van der Waals surface area contributed by atoms with Crippen molar-refractivity contribution in [3.8, 4) is 11.8 Å². The molecule has 3 aromatic rings. The minimum Gasteiger partial charge on any atom is -0.384 e. The molecule has 21 heavy (non-hydrogen) atoms. The third-order valence-electron chi connectivity index (χ3n) is 3.02. The number of fused-ring (bicyclic) bond motifs is 1. The number of nitrogens with zero attached hydrogens (tertiary/aromatic N) is 2. The molecule has 104 valence electrons. The Labute approximate surface area is 125 Å². The van der Waals surface area contributed by atoms with E-state index in [-0.39, 0.29) is 12.2 Å².